The molecule has 1 N–H and O–H groups in total. The van der Waals surface area contributed by atoms with Crippen molar-refractivity contribution in [2.24, 2.45) is 13.0 Å². The molecule has 3 atom stereocenters. The minimum atomic E-state index is 0.213. The van der Waals surface area contributed by atoms with Crippen LogP contribution in [0.15, 0.2) is 16.9 Å². The molecule has 6 heteroatoms. The van der Waals surface area contributed by atoms with Crippen LogP contribution in [-0.4, -0.2) is 25.7 Å². The van der Waals surface area contributed by atoms with Crippen molar-refractivity contribution in [2.45, 2.75) is 44.2 Å². The van der Waals surface area contributed by atoms with Crippen LogP contribution in [-0.2, 0) is 7.05 Å². The van der Waals surface area contributed by atoms with Crippen LogP contribution < -0.4 is 5.32 Å². The Kier molecular flexibility index (Phi) is 2.84. The fourth-order valence-electron chi connectivity index (χ4n) is 3.56. The van der Waals surface area contributed by atoms with E-state index in [0.717, 1.165) is 18.2 Å². The lowest BCUT2D eigenvalue weighted by molar-refractivity contribution is 0.324. The number of nitrogens with zero attached hydrogens (tertiary/aromatic N) is 4. The Hall–Kier alpha value is -1.69. The van der Waals surface area contributed by atoms with Crippen molar-refractivity contribution < 1.29 is 4.52 Å². The molecule has 0 amide bonds. The Bertz CT molecular complexity index is 590. The third-order valence-corrected chi connectivity index (χ3v) is 4.62. The summed E-state index contributed by atoms with van der Waals surface area (Å²) in [5, 5.41) is 7.73. The van der Waals surface area contributed by atoms with Gasteiger partial charge in [-0.15, -0.1) is 0 Å². The van der Waals surface area contributed by atoms with Crippen molar-refractivity contribution in [3.8, 4) is 11.6 Å². The van der Waals surface area contributed by atoms with E-state index in [9.17, 15) is 0 Å². The fourth-order valence-corrected chi connectivity index (χ4v) is 3.56. The van der Waals surface area contributed by atoms with Gasteiger partial charge in [0.1, 0.15) is 0 Å². The maximum Gasteiger partial charge on any atom is 0.244 e. The van der Waals surface area contributed by atoms with E-state index < -0.39 is 0 Å². The first-order valence-electron chi connectivity index (χ1n) is 7.38. The first kappa shape index (κ1) is 12.1. The van der Waals surface area contributed by atoms with Crippen molar-refractivity contribution in [1.82, 2.24) is 25.0 Å². The predicted molar refractivity (Wildman–Crippen MR) is 72.7 cm³/mol. The standard InChI is InChI=1S/C14H19N5O/c1-19-7-6-15-13(19)12-17-14(20-18-12)11-8-9-4-2-3-5-10(9)16-11/h6-7,9-11,16H,2-5,8H2,1H3. The van der Waals surface area contributed by atoms with Crippen LogP contribution in [0.2, 0.25) is 0 Å². The summed E-state index contributed by atoms with van der Waals surface area (Å²) in [7, 11) is 1.93. The second-order valence-electron chi connectivity index (χ2n) is 5.92. The fraction of sp³-hybridized carbons (Fsp3) is 0.643. The zero-order valence-corrected chi connectivity index (χ0v) is 11.6. The van der Waals surface area contributed by atoms with E-state index in [2.05, 4.69) is 20.4 Å². The molecule has 1 saturated heterocycles. The molecule has 20 heavy (non-hydrogen) atoms. The van der Waals surface area contributed by atoms with E-state index in [4.69, 9.17) is 4.52 Å². The number of aryl methyl sites for hydroxylation is 1. The molecule has 0 spiro atoms. The predicted octanol–water partition coefficient (Wildman–Crippen LogP) is 2.06. The first-order chi connectivity index (χ1) is 9.81. The van der Waals surface area contributed by atoms with Crippen molar-refractivity contribution in [3.63, 3.8) is 0 Å². The summed E-state index contributed by atoms with van der Waals surface area (Å²) in [6, 6.07) is 0.849. The Morgan fingerprint density at radius 3 is 3.05 bits per heavy atom. The van der Waals surface area contributed by atoms with E-state index in [-0.39, 0.29) is 6.04 Å². The highest BCUT2D eigenvalue weighted by Gasteiger charge is 2.38. The SMILES string of the molecule is Cn1ccnc1-c1noc(C2CC3CCCCC3N2)n1. The summed E-state index contributed by atoms with van der Waals surface area (Å²) < 4.78 is 7.36. The Morgan fingerprint density at radius 2 is 2.25 bits per heavy atom. The zero-order chi connectivity index (χ0) is 13.5. The number of hydrogen-bond donors (Lipinski definition) is 1. The van der Waals surface area contributed by atoms with Crippen LogP contribution in [0.5, 0.6) is 0 Å². The average Bonchev–Trinajstić information content (AvgIpc) is 3.15. The van der Waals surface area contributed by atoms with Crippen molar-refractivity contribution in [3.05, 3.63) is 18.3 Å². The number of rotatable bonds is 2. The van der Waals surface area contributed by atoms with Gasteiger partial charge in [-0.2, -0.15) is 4.98 Å². The summed E-state index contributed by atoms with van der Waals surface area (Å²) in [5.74, 6) is 2.80. The topological polar surface area (TPSA) is 68.8 Å². The molecule has 1 saturated carbocycles. The molecule has 6 nitrogen and oxygen atoms in total. The van der Waals surface area contributed by atoms with E-state index in [1.54, 1.807) is 6.20 Å². The van der Waals surface area contributed by atoms with Crippen LogP contribution in [0.3, 0.4) is 0 Å². The van der Waals surface area contributed by atoms with Crippen LogP contribution in [0.1, 0.15) is 44.0 Å². The number of nitrogens with one attached hydrogen (secondary N) is 1. The van der Waals surface area contributed by atoms with Crippen LogP contribution in [0, 0.1) is 5.92 Å². The Labute approximate surface area is 117 Å². The number of aromatic nitrogens is 4. The molecular weight excluding hydrogens is 254 g/mol. The molecule has 3 unspecified atom stereocenters. The van der Waals surface area contributed by atoms with E-state index in [1.165, 1.54) is 25.7 Å². The highest BCUT2D eigenvalue weighted by atomic mass is 16.5. The highest BCUT2D eigenvalue weighted by Crippen LogP contribution is 2.38. The number of imidazole rings is 1. The van der Waals surface area contributed by atoms with E-state index >= 15 is 0 Å². The summed E-state index contributed by atoms with van der Waals surface area (Å²) in [5.41, 5.74) is 0. The Balaban J connectivity index is 1.55. The van der Waals surface area contributed by atoms with Gasteiger partial charge in [0, 0.05) is 25.5 Å². The maximum atomic E-state index is 5.46. The largest absolute Gasteiger partial charge is 0.337 e. The lowest BCUT2D eigenvalue weighted by Crippen LogP contribution is -2.30. The molecule has 0 bridgehead atoms. The molecule has 3 heterocycles. The average molecular weight is 273 g/mol. The molecule has 0 radical (unpaired) electrons. The van der Waals surface area contributed by atoms with E-state index in [0.29, 0.717) is 17.8 Å². The molecular formula is C14H19N5O. The highest BCUT2D eigenvalue weighted by molar-refractivity contribution is 5.42. The summed E-state index contributed by atoms with van der Waals surface area (Å²) in [4.78, 5) is 8.79. The third kappa shape index (κ3) is 1.95. The summed E-state index contributed by atoms with van der Waals surface area (Å²) in [6.07, 6.45) is 10.0. The minimum Gasteiger partial charge on any atom is -0.337 e. The molecule has 1 aliphatic carbocycles. The number of hydrogen-bond acceptors (Lipinski definition) is 5. The van der Waals surface area contributed by atoms with Gasteiger partial charge in [0.05, 0.1) is 6.04 Å². The van der Waals surface area contributed by atoms with Gasteiger partial charge in [0.25, 0.3) is 0 Å². The molecule has 2 fully saturated rings. The normalized spacial score (nSPS) is 29.6. The number of fused-ring (bicyclic) bond motifs is 1. The van der Waals surface area contributed by atoms with Gasteiger partial charge in [0.15, 0.2) is 5.82 Å². The van der Waals surface area contributed by atoms with Gasteiger partial charge in [-0.3, -0.25) is 0 Å². The Morgan fingerprint density at radius 1 is 1.35 bits per heavy atom. The van der Waals surface area contributed by atoms with Gasteiger partial charge in [-0.1, -0.05) is 18.0 Å². The van der Waals surface area contributed by atoms with Gasteiger partial charge < -0.3 is 14.4 Å². The van der Waals surface area contributed by atoms with Crippen LogP contribution in [0.25, 0.3) is 11.6 Å². The van der Waals surface area contributed by atoms with Crippen molar-refractivity contribution in [1.29, 1.82) is 0 Å². The maximum absolute atomic E-state index is 5.46. The van der Waals surface area contributed by atoms with Crippen LogP contribution >= 0.6 is 0 Å². The monoisotopic (exact) mass is 273 g/mol. The second-order valence-corrected chi connectivity index (χ2v) is 5.92. The second kappa shape index (κ2) is 4.70. The van der Waals surface area contributed by atoms with Crippen molar-refractivity contribution >= 4 is 0 Å². The van der Waals surface area contributed by atoms with Crippen molar-refractivity contribution in [2.75, 3.05) is 0 Å². The molecule has 0 aromatic carbocycles. The lowest BCUT2D eigenvalue weighted by Gasteiger charge is -2.24. The van der Waals surface area contributed by atoms with Crippen LogP contribution in [0.4, 0.5) is 0 Å². The molecule has 2 aromatic rings. The van der Waals surface area contributed by atoms with E-state index in [1.807, 2.05) is 17.8 Å². The van der Waals surface area contributed by atoms with Gasteiger partial charge in [-0.05, 0) is 25.2 Å². The lowest BCUT2D eigenvalue weighted by atomic mass is 9.85. The smallest absolute Gasteiger partial charge is 0.244 e. The molecule has 2 aliphatic rings. The minimum absolute atomic E-state index is 0.213. The molecule has 106 valence electrons. The molecule has 1 aliphatic heterocycles. The van der Waals surface area contributed by atoms with Gasteiger partial charge >= 0.3 is 0 Å². The summed E-state index contributed by atoms with van der Waals surface area (Å²) in [6.45, 7) is 0. The summed E-state index contributed by atoms with van der Waals surface area (Å²) >= 11 is 0. The molecule has 2 aromatic heterocycles. The van der Waals surface area contributed by atoms with Gasteiger partial charge in [0.2, 0.25) is 11.7 Å². The zero-order valence-electron chi connectivity index (χ0n) is 11.6. The third-order valence-electron chi connectivity index (χ3n) is 4.62. The molecule has 4 rings (SSSR count). The first-order valence-corrected chi connectivity index (χ1v) is 7.38. The van der Waals surface area contributed by atoms with Gasteiger partial charge in [-0.25, -0.2) is 4.98 Å². The quantitative estimate of drug-likeness (QED) is 0.907.